The summed E-state index contributed by atoms with van der Waals surface area (Å²) < 4.78 is 5.41. The molecule has 4 nitrogen and oxygen atoms in total. The van der Waals surface area contributed by atoms with Crippen LogP contribution in [0.2, 0.25) is 0 Å². The van der Waals surface area contributed by atoms with Crippen molar-refractivity contribution in [3.8, 4) is 0 Å². The summed E-state index contributed by atoms with van der Waals surface area (Å²) in [7, 11) is 1.80. The maximum atomic E-state index is 11.7. The van der Waals surface area contributed by atoms with Gasteiger partial charge >= 0.3 is 0 Å². The topological polar surface area (TPSA) is 55.6 Å². The van der Waals surface area contributed by atoms with Crippen LogP contribution in [-0.2, 0) is 9.53 Å². The van der Waals surface area contributed by atoms with Crippen LogP contribution in [0.15, 0.2) is 0 Å². The van der Waals surface area contributed by atoms with Gasteiger partial charge in [-0.2, -0.15) is 0 Å². The normalized spacial score (nSPS) is 23.5. The molecule has 0 aromatic carbocycles. The van der Waals surface area contributed by atoms with Crippen molar-refractivity contribution in [1.82, 2.24) is 4.90 Å². The molecule has 0 aliphatic carbocycles. The number of carbonyl (C=O) groups excluding carboxylic acids is 1. The van der Waals surface area contributed by atoms with E-state index < -0.39 is 0 Å². The van der Waals surface area contributed by atoms with Gasteiger partial charge in [0.1, 0.15) is 0 Å². The molecule has 1 aliphatic rings. The van der Waals surface area contributed by atoms with Crippen LogP contribution < -0.4 is 5.73 Å². The third kappa shape index (κ3) is 2.96. The number of rotatable bonds is 4. The highest BCUT2D eigenvalue weighted by Crippen LogP contribution is 2.16. The van der Waals surface area contributed by atoms with E-state index in [0.717, 1.165) is 19.4 Å². The second-order valence-electron chi connectivity index (χ2n) is 3.93. The average Bonchev–Trinajstić information content (AvgIpc) is 2.68. The molecule has 0 aromatic heterocycles. The number of ether oxygens (including phenoxy) is 1. The molecule has 1 fully saturated rings. The van der Waals surface area contributed by atoms with Crippen LogP contribution in [0.3, 0.4) is 0 Å². The van der Waals surface area contributed by atoms with Crippen LogP contribution in [0.4, 0.5) is 0 Å². The fourth-order valence-electron chi connectivity index (χ4n) is 1.55. The highest BCUT2D eigenvalue weighted by Gasteiger charge is 2.22. The van der Waals surface area contributed by atoms with Crippen LogP contribution in [0.5, 0.6) is 0 Å². The zero-order valence-electron chi connectivity index (χ0n) is 9.03. The average molecular weight is 200 g/mol. The number of nitrogens with zero attached hydrogens (tertiary/aromatic N) is 1. The Morgan fingerprint density at radius 1 is 1.71 bits per heavy atom. The number of nitrogens with two attached hydrogens (primary N) is 1. The van der Waals surface area contributed by atoms with Gasteiger partial charge in [0.05, 0.1) is 12.5 Å². The lowest BCUT2D eigenvalue weighted by atomic mass is 10.1. The highest BCUT2D eigenvalue weighted by atomic mass is 16.5. The van der Waals surface area contributed by atoms with Crippen molar-refractivity contribution in [2.75, 3.05) is 20.2 Å². The lowest BCUT2D eigenvalue weighted by molar-refractivity contribution is -0.133. The number of likely N-dealkylation sites (N-methyl/N-ethyl adjacent to an activating group) is 1. The summed E-state index contributed by atoms with van der Waals surface area (Å²) in [4.78, 5) is 13.4. The monoisotopic (exact) mass is 200 g/mol. The van der Waals surface area contributed by atoms with Gasteiger partial charge in [-0.3, -0.25) is 4.79 Å². The van der Waals surface area contributed by atoms with Crippen LogP contribution in [-0.4, -0.2) is 43.2 Å². The van der Waals surface area contributed by atoms with Crippen LogP contribution in [0, 0.1) is 0 Å². The fourth-order valence-corrected chi connectivity index (χ4v) is 1.55. The zero-order valence-corrected chi connectivity index (χ0v) is 9.03. The summed E-state index contributed by atoms with van der Waals surface area (Å²) in [5.74, 6) is 0.134. The van der Waals surface area contributed by atoms with E-state index in [0.29, 0.717) is 13.0 Å². The van der Waals surface area contributed by atoms with E-state index in [1.165, 1.54) is 0 Å². The molecule has 1 saturated heterocycles. The van der Waals surface area contributed by atoms with Gasteiger partial charge in [0.2, 0.25) is 5.91 Å². The molecule has 82 valence electrons. The van der Waals surface area contributed by atoms with Crippen molar-refractivity contribution in [2.45, 2.75) is 38.3 Å². The SMILES string of the molecule is CC(CN)N(C)C(=O)CC1CCCO1. The summed E-state index contributed by atoms with van der Waals surface area (Å²) >= 11 is 0. The van der Waals surface area contributed by atoms with E-state index >= 15 is 0 Å². The van der Waals surface area contributed by atoms with Crippen molar-refractivity contribution < 1.29 is 9.53 Å². The van der Waals surface area contributed by atoms with Crippen LogP contribution >= 0.6 is 0 Å². The fraction of sp³-hybridized carbons (Fsp3) is 0.900. The van der Waals surface area contributed by atoms with E-state index in [2.05, 4.69) is 0 Å². The maximum Gasteiger partial charge on any atom is 0.225 e. The molecular weight excluding hydrogens is 180 g/mol. The van der Waals surface area contributed by atoms with Crippen LogP contribution in [0.25, 0.3) is 0 Å². The van der Waals surface area contributed by atoms with Gasteiger partial charge in [-0.25, -0.2) is 0 Å². The van der Waals surface area contributed by atoms with Crippen molar-refractivity contribution in [3.05, 3.63) is 0 Å². The first-order valence-corrected chi connectivity index (χ1v) is 5.22. The van der Waals surface area contributed by atoms with E-state index in [4.69, 9.17) is 10.5 Å². The molecule has 0 spiro atoms. The summed E-state index contributed by atoms with van der Waals surface area (Å²) in [6.07, 6.45) is 2.72. The van der Waals surface area contributed by atoms with Gasteiger partial charge in [-0.1, -0.05) is 0 Å². The van der Waals surface area contributed by atoms with Gasteiger partial charge in [-0.05, 0) is 19.8 Å². The van der Waals surface area contributed by atoms with E-state index in [1.54, 1.807) is 11.9 Å². The van der Waals surface area contributed by atoms with Gasteiger partial charge in [0.25, 0.3) is 0 Å². The molecule has 0 saturated carbocycles. The molecule has 1 aliphatic heterocycles. The Labute approximate surface area is 85.4 Å². The van der Waals surface area contributed by atoms with Gasteiger partial charge in [0.15, 0.2) is 0 Å². The minimum atomic E-state index is 0.115. The largest absolute Gasteiger partial charge is 0.378 e. The van der Waals surface area contributed by atoms with Crippen molar-refractivity contribution >= 4 is 5.91 Å². The predicted molar refractivity (Wildman–Crippen MR) is 54.9 cm³/mol. The predicted octanol–water partition coefficient (Wildman–Crippen LogP) is 0.361. The smallest absolute Gasteiger partial charge is 0.225 e. The Morgan fingerprint density at radius 2 is 2.43 bits per heavy atom. The number of hydrogen-bond acceptors (Lipinski definition) is 3. The van der Waals surface area contributed by atoms with Gasteiger partial charge in [-0.15, -0.1) is 0 Å². The van der Waals surface area contributed by atoms with Crippen LogP contribution in [0.1, 0.15) is 26.2 Å². The van der Waals surface area contributed by atoms with E-state index in [1.807, 2.05) is 6.92 Å². The lowest BCUT2D eigenvalue weighted by Crippen LogP contribution is -2.40. The Morgan fingerprint density at radius 3 is 2.93 bits per heavy atom. The molecule has 1 amide bonds. The quantitative estimate of drug-likeness (QED) is 0.713. The second-order valence-corrected chi connectivity index (χ2v) is 3.93. The summed E-state index contributed by atoms with van der Waals surface area (Å²) in [6, 6.07) is 0.115. The third-order valence-corrected chi connectivity index (χ3v) is 2.82. The summed E-state index contributed by atoms with van der Waals surface area (Å²) in [5.41, 5.74) is 5.49. The first-order chi connectivity index (χ1) is 6.65. The van der Waals surface area contributed by atoms with Crippen molar-refractivity contribution in [1.29, 1.82) is 0 Å². The maximum absolute atomic E-state index is 11.7. The van der Waals surface area contributed by atoms with E-state index in [-0.39, 0.29) is 18.1 Å². The first kappa shape index (κ1) is 11.5. The van der Waals surface area contributed by atoms with Gasteiger partial charge < -0.3 is 15.4 Å². The van der Waals surface area contributed by atoms with Gasteiger partial charge in [0, 0.05) is 26.2 Å². The Bertz CT molecular complexity index is 191. The number of carbonyl (C=O) groups is 1. The standard InChI is InChI=1S/C10H20N2O2/c1-8(7-11)12(2)10(13)6-9-4-3-5-14-9/h8-9H,3-7,11H2,1-2H3. The summed E-state index contributed by atoms with van der Waals surface area (Å²) in [6.45, 7) is 3.26. The minimum Gasteiger partial charge on any atom is -0.378 e. The molecule has 1 rings (SSSR count). The molecule has 0 radical (unpaired) electrons. The van der Waals surface area contributed by atoms with E-state index in [9.17, 15) is 4.79 Å². The molecule has 4 heteroatoms. The molecule has 0 aromatic rings. The molecule has 14 heavy (non-hydrogen) atoms. The number of hydrogen-bond donors (Lipinski definition) is 1. The molecular formula is C10H20N2O2. The highest BCUT2D eigenvalue weighted by molar-refractivity contribution is 5.76. The molecule has 1 heterocycles. The lowest BCUT2D eigenvalue weighted by Gasteiger charge is -2.24. The first-order valence-electron chi connectivity index (χ1n) is 5.22. The third-order valence-electron chi connectivity index (χ3n) is 2.82. The molecule has 2 unspecified atom stereocenters. The second kappa shape index (κ2) is 5.32. The zero-order chi connectivity index (χ0) is 10.6. The van der Waals surface area contributed by atoms with Crippen molar-refractivity contribution in [2.24, 2.45) is 5.73 Å². The number of amides is 1. The minimum absolute atomic E-state index is 0.115. The Balaban J connectivity index is 2.32. The Hall–Kier alpha value is -0.610. The van der Waals surface area contributed by atoms with Crippen molar-refractivity contribution in [3.63, 3.8) is 0 Å². The molecule has 2 atom stereocenters. The summed E-state index contributed by atoms with van der Waals surface area (Å²) in [5, 5.41) is 0. The molecule has 2 N–H and O–H groups in total. The molecule has 0 bridgehead atoms. The Kier molecular flexibility index (Phi) is 4.35.